The minimum Gasteiger partial charge on any atom is -0.420 e. The monoisotopic (exact) mass is 763 g/mol. The second-order valence-electron chi connectivity index (χ2n) is 13.0. The van der Waals surface area contributed by atoms with Crippen LogP contribution in [0, 0.1) is 11.8 Å². The zero-order chi connectivity index (χ0) is 36.4. The zero-order valence-corrected chi connectivity index (χ0v) is 29.7. The van der Waals surface area contributed by atoms with Gasteiger partial charge in [-0.2, -0.15) is 13.2 Å². The van der Waals surface area contributed by atoms with E-state index in [9.17, 15) is 27.6 Å². The summed E-state index contributed by atoms with van der Waals surface area (Å²) >= 11 is 3.53. The van der Waals surface area contributed by atoms with E-state index in [-0.39, 0.29) is 24.0 Å². The molecule has 0 heterocycles. The van der Waals surface area contributed by atoms with Crippen molar-refractivity contribution in [3.8, 4) is 16.9 Å². The number of nitrogens with one attached hydrogen (secondary N) is 1. The van der Waals surface area contributed by atoms with Crippen LogP contribution in [0.15, 0.2) is 102 Å². The normalized spacial score (nSPS) is 15.9. The van der Waals surface area contributed by atoms with E-state index in [4.69, 9.17) is 5.73 Å². The molecule has 1 saturated carbocycles. The molecule has 0 unspecified atom stereocenters. The number of nitrogens with two attached hydrogens (primary N) is 1. The highest BCUT2D eigenvalue weighted by atomic mass is 79.9. The molecule has 0 bridgehead atoms. The molecule has 1 aliphatic carbocycles. The molecule has 7 nitrogen and oxygen atoms in total. The highest BCUT2D eigenvalue weighted by Crippen LogP contribution is 2.28. The Balaban J connectivity index is 1.27. The van der Waals surface area contributed by atoms with Crippen molar-refractivity contribution in [3.63, 3.8) is 0 Å². The van der Waals surface area contributed by atoms with Crippen LogP contribution in [0.4, 0.5) is 13.2 Å². The summed E-state index contributed by atoms with van der Waals surface area (Å²) in [6.07, 6.45) is -0.144. The van der Waals surface area contributed by atoms with Crippen molar-refractivity contribution in [1.29, 1.82) is 0 Å². The number of nitrogens with zero attached hydrogens (tertiary/aromatic N) is 1. The number of hydrogen-bond acceptors (Lipinski definition) is 5. The number of halogens is 4. The van der Waals surface area contributed by atoms with Gasteiger partial charge in [-0.15, -0.1) is 0 Å². The molecule has 0 aliphatic heterocycles. The maximum absolute atomic E-state index is 13.7. The Labute approximate surface area is 304 Å². The third-order valence-electron chi connectivity index (χ3n) is 9.30. The maximum atomic E-state index is 13.7. The summed E-state index contributed by atoms with van der Waals surface area (Å²) in [7, 11) is 0. The van der Waals surface area contributed by atoms with E-state index in [1.807, 2.05) is 72.8 Å². The van der Waals surface area contributed by atoms with Crippen LogP contribution in [0.1, 0.15) is 52.7 Å². The lowest BCUT2D eigenvalue weighted by atomic mass is 9.82. The number of esters is 1. The number of amides is 2. The highest BCUT2D eigenvalue weighted by Gasteiger charge is 2.41. The maximum Gasteiger partial charge on any atom is 0.491 e. The summed E-state index contributed by atoms with van der Waals surface area (Å²) in [6, 6.07) is 28.6. The van der Waals surface area contributed by atoms with Gasteiger partial charge in [0.15, 0.2) is 0 Å². The Hall–Kier alpha value is -4.48. The molecule has 0 aromatic heterocycles. The first kappa shape index (κ1) is 37.8. The van der Waals surface area contributed by atoms with Crippen molar-refractivity contribution in [1.82, 2.24) is 10.2 Å². The second-order valence-corrected chi connectivity index (χ2v) is 13.8. The zero-order valence-electron chi connectivity index (χ0n) is 28.1. The number of carbonyl (C=O) groups excluding carboxylic acids is 3. The lowest BCUT2D eigenvalue weighted by molar-refractivity contribution is -0.189. The van der Waals surface area contributed by atoms with Gasteiger partial charge in [-0.05, 0) is 115 Å². The number of rotatable bonds is 13. The van der Waals surface area contributed by atoms with Gasteiger partial charge in [0, 0.05) is 29.7 Å². The summed E-state index contributed by atoms with van der Waals surface area (Å²) in [5, 5.41) is 3.11. The molecule has 3 N–H and O–H groups in total. The van der Waals surface area contributed by atoms with Crippen molar-refractivity contribution in [2.75, 3.05) is 19.6 Å². The fourth-order valence-electron chi connectivity index (χ4n) is 6.28. The molecule has 4 aromatic carbocycles. The standard InChI is InChI=1S/C40H41BrF3N3O4/c41-36-10-2-1-6-33(36)23-37(48)47(20-19-27-15-17-35(18-16-27)51-39(50)40(42,43)44)26-30-5-3-7-31(21-30)32-8-4-9-34(22-32)38(49)46-25-29-13-11-28(24-45)12-14-29/h1-10,15-18,21-22,28-29H,11-14,19-20,23-26,45H2,(H,46,49). The second kappa shape index (κ2) is 17.6. The third kappa shape index (κ3) is 11.0. The Kier molecular flexibility index (Phi) is 13.1. The SMILES string of the molecule is NCC1CCC(CNC(=O)c2cccc(-c3cccc(CN(CCc4ccc(OC(=O)C(F)(F)F)cc4)C(=O)Cc4ccccc4Br)c3)c2)CC1. The van der Waals surface area contributed by atoms with E-state index in [0.717, 1.165) is 64.5 Å². The topological polar surface area (TPSA) is 102 Å². The van der Waals surface area contributed by atoms with E-state index in [1.165, 1.54) is 12.1 Å². The molecule has 51 heavy (non-hydrogen) atoms. The fourth-order valence-corrected chi connectivity index (χ4v) is 6.71. The van der Waals surface area contributed by atoms with E-state index < -0.39 is 12.1 Å². The van der Waals surface area contributed by atoms with E-state index in [2.05, 4.69) is 26.0 Å². The van der Waals surface area contributed by atoms with Crippen LogP contribution in [-0.2, 0) is 29.0 Å². The number of benzene rings is 4. The van der Waals surface area contributed by atoms with E-state index in [1.54, 1.807) is 17.0 Å². The molecule has 0 atom stereocenters. The van der Waals surface area contributed by atoms with Crippen LogP contribution in [0.5, 0.6) is 5.75 Å². The molecule has 1 aliphatic rings. The summed E-state index contributed by atoms with van der Waals surface area (Å²) in [4.78, 5) is 39.8. The lowest BCUT2D eigenvalue weighted by Crippen LogP contribution is -2.33. The minimum atomic E-state index is -5.09. The van der Waals surface area contributed by atoms with Crippen LogP contribution in [0.2, 0.25) is 0 Å². The Morgan fingerprint density at radius 1 is 0.824 bits per heavy atom. The van der Waals surface area contributed by atoms with Gasteiger partial charge in [0.05, 0.1) is 6.42 Å². The molecule has 4 aromatic rings. The van der Waals surface area contributed by atoms with Crippen molar-refractivity contribution in [2.45, 2.75) is 51.2 Å². The van der Waals surface area contributed by atoms with Gasteiger partial charge < -0.3 is 20.7 Å². The van der Waals surface area contributed by atoms with Gasteiger partial charge >= 0.3 is 12.1 Å². The molecular formula is C40H41BrF3N3O4. The Morgan fingerprint density at radius 2 is 1.49 bits per heavy atom. The van der Waals surface area contributed by atoms with E-state index >= 15 is 0 Å². The first-order valence-corrected chi connectivity index (χ1v) is 17.8. The summed E-state index contributed by atoms with van der Waals surface area (Å²) in [6.45, 7) is 2.01. The fraction of sp³-hybridized carbons (Fsp3) is 0.325. The molecule has 11 heteroatoms. The van der Waals surface area contributed by atoms with Gasteiger partial charge in [-0.3, -0.25) is 9.59 Å². The van der Waals surface area contributed by atoms with E-state index in [0.29, 0.717) is 43.5 Å². The number of alkyl halides is 3. The largest absolute Gasteiger partial charge is 0.491 e. The molecule has 2 amide bonds. The molecule has 0 radical (unpaired) electrons. The predicted octanol–water partition coefficient (Wildman–Crippen LogP) is 7.89. The number of ether oxygens (including phenoxy) is 1. The number of hydrogen-bond donors (Lipinski definition) is 2. The number of carbonyl (C=O) groups is 3. The summed E-state index contributed by atoms with van der Waals surface area (Å²) < 4.78 is 43.0. The lowest BCUT2D eigenvalue weighted by Gasteiger charge is -2.27. The highest BCUT2D eigenvalue weighted by molar-refractivity contribution is 9.10. The van der Waals surface area contributed by atoms with Crippen molar-refractivity contribution >= 4 is 33.7 Å². The van der Waals surface area contributed by atoms with Gasteiger partial charge in [-0.1, -0.05) is 76.6 Å². The van der Waals surface area contributed by atoms with Gasteiger partial charge in [0.1, 0.15) is 5.75 Å². The minimum absolute atomic E-state index is 0.0989. The molecule has 0 spiro atoms. The molecular weight excluding hydrogens is 723 g/mol. The van der Waals surface area contributed by atoms with Gasteiger partial charge in [0.2, 0.25) is 5.91 Å². The van der Waals surface area contributed by atoms with Crippen molar-refractivity contribution in [3.05, 3.63) is 124 Å². The Morgan fingerprint density at radius 3 is 2.18 bits per heavy atom. The quantitative estimate of drug-likeness (QED) is 0.107. The van der Waals surface area contributed by atoms with Crippen LogP contribution >= 0.6 is 15.9 Å². The molecule has 5 rings (SSSR count). The molecule has 0 saturated heterocycles. The van der Waals surface area contributed by atoms with Crippen LogP contribution < -0.4 is 15.8 Å². The van der Waals surface area contributed by atoms with Gasteiger partial charge in [-0.25, -0.2) is 4.79 Å². The van der Waals surface area contributed by atoms with Crippen LogP contribution in [0.25, 0.3) is 11.1 Å². The third-order valence-corrected chi connectivity index (χ3v) is 10.1. The molecule has 1 fully saturated rings. The van der Waals surface area contributed by atoms with Crippen molar-refractivity contribution < 1.29 is 32.3 Å². The summed E-state index contributed by atoms with van der Waals surface area (Å²) in [5.41, 5.74) is 10.7. The van der Waals surface area contributed by atoms with Gasteiger partial charge in [0.25, 0.3) is 5.91 Å². The van der Waals surface area contributed by atoms with Crippen LogP contribution in [-0.4, -0.2) is 48.5 Å². The Bertz CT molecular complexity index is 1810. The van der Waals surface area contributed by atoms with Crippen molar-refractivity contribution in [2.24, 2.45) is 17.6 Å². The average molecular weight is 765 g/mol. The molecule has 268 valence electrons. The smallest absolute Gasteiger partial charge is 0.420 e. The first-order chi connectivity index (χ1) is 24.5. The predicted molar refractivity (Wildman–Crippen MR) is 194 cm³/mol. The van der Waals surface area contributed by atoms with Crippen LogP contribution in [0.3, 0.4) is 0 Å². The summed E-state index contributed by atoms with van der Waals surface area (Å²) in [5.74, 6) is -1.65. The first-order valence-electron chi connectivity index (χ1n) is 17.0. The average Bonchev–Trinajstić information content (AvgIpc) is 3.13.